The molecule has 10 heteroatoms. The number of carboxylic acids is 1. The van der Waals surface area contributed by atoms with E-state index in [0.29, 0.717) is 5.56 Å². The Kier molecular flexibility index (Phi) is 8.19. The number of benzene rings is 1. The number of phenols is 1. The van der Waals surface area contributed by atoms with Crippen LogP contribution in [0.4, 0.5) is 0 Å². The number of aliphatic hydroxyl groups is 1. The number of hydrogen-bond acceptors (Lipinski definition) is 7. The van der Waals surface area contributed by atoms with Gasteiger partial charge < -0.3 is 31.7 Å². The third-order valence-corrected chi connectivity index (χ3v) is 3.73. The van der Waals surface area contributed by atoms with Crippen molar-refractivity contribution in [2.45, 2.75) is 24.5 Å². The summed E-state index contributed by atoms with van der Waals surface area (Å²) in [5.41, 5.74) is 6.19. The molecule has 0 fully saturated rings. The number of hydrogen-bond donors (Lipinski definition) is 7. The van der Waals surface area contributed by atoms with Crippen LogP contribution in [-0.2, 0) is 20.8 Å². The van der Waals surface area contributed by atoms with Gasteiger partial charge in [-0.05, 0) is 17.7 Å². The number of amides is 2. The van der Waals surface area contributed by atoms with Crippen LogP contribution in [0.3, 0.4) is 0 Å². The lowest BCUT2D eigenvalue weighted by atomic mass is 10.0. The zero-order chi connectivity index (χ0) is 19.0. The third-order valence-electron chi connectivity index (χ3n) is 3.34. The number of thiol groups is 1. The van der Waals surface area contributed by atoms with Crippen molar-refractivity contribution in [3.05, 3.63) is 29.8 Å². The smallest absolute Gasteiger partial charge is 0.328 e. The third kappa shape index (κ3) is 6.61. The van der Waals surface area contributed by atoms with Crippen molar-refractivity contribution < 1.29 is 29.7 Å². The molecule has 0 aromatic heterocycles. The minimum absolute atomic E-state index is 0.0366. The first-order valence-electron chi connectivity index (χ1n) is 7.37. The fourth-order valence-electron chi connectivity index (χ4n) is 1.90. The van der Waals surface area contributed by atoms with E-state index in [2.05, 4.69) is 23.3 Å². The molecule has 1 aromatic rings. The van der Waals surface area contributed by atoms with Crippen LogP contribution < -0.4 is 16.4 Å². The van der Waals surface area contributed by atoms with E-state index in [0.717, 1.165) is 0 Å². The van der Waals surface area contributed by atoms with E-state index in [1.807, 2.05) is 0 Å². The minimum atomic E-state index is -1.50. The average Bonchev–Trinajstić information content (AvgIpc) is 2.59. The lowest BCUT2D eigenvalue weighted by Gasteiger charge is -2.22. The summed E-state index contributed by atoms with van der Waals surface area (Å²) in [5, 5.41) is 31.8. The molecule has 2 amide bonds. The van der Waals surface area contributed by atoms with Crippen molar-refractivity contribution in [1.29, 1.82) is 0 Å². The van der Waals surface area contributed by atoms with Gasteiger partial charge in [0, 0.05) is 12.2 Å². The van der Waals surface area contributed by atoms with Crippen molar-refractivity contribution in [2.75, 3.05) is 12.4 Å². The monoisotopic (exact) mass is 371 g/mol. The Bertz CT molecular complexity index is 610. The quantitative estimate of drug-likeness (QED) is 0.253. The summed E-state index contributed by atoms with van der Waals surface area (Å²) in [4.78, 5) is 35.2. The molecule has 3 atom stereocenters. The summed E-state index contributed by atoms with van der Waals surface area (Å²) in [6.45, 7) is -0.795. The van der Waals surface area contributed by atoms with Gasteiger partial charge in [0.1, 0.15) is 17.8 Å². The first-order valence-corrected chi connectivity index (χ1v) is 8.00. The van der Waals surface area contributed by atoms with Crippen molar-refractivity contribution >= 4 is 30.4 Å². The number of nitrogens with one attached hydrogen (secondary N) is 2. The van der Waals surface area contributed by atoms with Gasteiger partial charge in [-0.25, -0.2) is 4.79 Å². The predicted octanol–water partition coefficient (Wildman–Crippen LogP) is -1.76. The van der Waals surface area contributed by atoms with Gasteiger partial charge in [0.05, 0.1) is 12.6 Å². The second-order valence-electron chi connectivity index (χ2n) is 5.30. The van der Waals surface area contributed by atoms with Gasteiger partial charge in [0.25, 0.3) is 0 Å². The lowest BCUT2D eigenvalue weighted by molar-refractivity contribution is -0.143. The first kappa shape index (κ1) is 20.7. The average molecular weight is 371 g/mol. The number of aliphatic hydroxyl groups excluding tert-OH is 1. The van der Waals surface area contributed by atoms with Gasteiger partial charge in [-0.3, -0.25) is 9.59 Å². The van der Waals surface area contributed by atoms with E-state index in [1.54, 1.807) is 12.1 Å². The second-order valence-corrected chi connectivity index (χ2v) is 5.67. The maximum absolute atomic E-state index is 12.3. The molecular formula is C15H21N3O6S. The fraction of sp³-hybridized carbons (Fsp3) is 0.400. The van der Waals surface area contributed by atoms with E-state index < -0.39 is 42.5 Å². The summed E-state index contributed by atoms with van der Waals surface area (Å²) in [7, 11) is 0. The Morgan fingerprint density at radius 2 is 1.64 bits per heavy atom. The molecule has 0 aliphatic carbocycles. The first-order chi connectivity index (χ1) is 11.8. The molecule has 1 aromatic carbocycles. The van der Waals surface area contributed by atoms with E-state index in [1.165, 1.54) is 12.1 Å². The normalized spacial score (nSPS) is 14.2. The van der Waals surface area contributed by atoms with Crippen molar-refractivity contribution in [1.82, 2.24) is 10.6 Å². The molecule has 7 N–H and O–H groups in total. The van der Waals surface area contributed by atoms with Crippen molar-refractivity contribution in [3.8, 4) is 5.75 Å². The summed E-state index contributed by atoms with van der Waals surface area (Å²) in [6.07, 6.45) is 0.0366. The molecule has 0 heterocycles. The van der Waals surface area contributed by atoms with Crippen LogP contribution in [0.2, 0.25) is 0 Å². The number of nitrogens with two attached hydrogens (primary N) is 1. The van der Waals surface area contributed by atoms with Gasteiger partial charge in [0.2, 0.25) is 11.8 Å². The van der Waals surface area contributed by atoms with E-state index in [4.69, 9.17) is 15.9 Å². The number of aliphatic carboxylic acids is 1. The van der Waals surface area contributed by atoms with Crippen LogP contribution in [-0.4, -0.2) is 63.6 Å². The van der Waals surface area contributed by atoms with Crippen LogP contribution in [0.25, 0.3) is 0 Å². The summed E-state index contributed by atoms with van der Waals surface area (Å²) in [6, 6.07) is 2.40. The van der Waals surface area contributed by atoms with Gasteiger partial charge in [0.15, 0.2) is 0 Å². The molecule has 25 heavy (non-hydrogen) atoms. The second kappa shape index (κ2) is 9.87. The van der Waals surface area contributed by atoms with Crippen LogP contribution in [0, 0.1) is 0 Å². The Hall–Kier alpha value is -2.30. The van der Waals surface area contributed by atoms with Gasteiger partial charge in [-0.2, -0.15) is 12.6 Å². The molecule has 0 aliphatic heterocycles. The number of carbonyl (C=O) groups is 3. The highest BCUT2D eigenvalue weighted by Crippen LogP contribution is 2.11. The standard InChI is InChI=1S/C15H21N3O6S/c16-10(7-25)13(21)17-11(5-8-1-3-9(20)4-2-8)14(22)18-12(6-19)15(23)24/h1-4,10-12,19-20,25H,5-7,16H2,(H,17,21)(H,18,22)(H,23,24)/t10-,11-,12-/m0/s1. The molecule has 0 saturated heterocycles. The van der Waals surface area contributed by atoms with Gasteiger partial charge in [-0.15, -0.1) is 0 Å². The number of phenolic OH excluding ortho intramolecular Hbond substituents is 1. The molecule has 0 radical (unpaired) electrons. The molecule has 0 unspecified atom stereocenters. The van der Waals surface area contributed by atoms with Crippen molar-refractivity contribution in [2.24, 2.45) is 5.73 Å². The number of rotatable bonds is 9. The van der Waals surface area contributed by atoms with E-state index in [-0.39, 0.29) is 17.9 Å². The summed E-state index contributed by atoms with van der Waals surface area (Å²) >= 11 is 3.91. The minimum Gasteiger partial charge on any atom is -0.508 e. The van der Waals surface area contributed by atoms with Crippen LogP contribution in [0.15, 0.2) is 24.3 Å². The van der Waals surface area contributed by atoms with Gasteiger partial charge in [-0.1, -0.05) is 12.1 Å². The van der Waals surface area contributed by atoms with Gasteiger partial charge >= 0.3 is 5.97 Å². The molecule has 0 aliphatic rings. The van der Waals surface area contributed by atoms with Crippen molar-refractivity contribution in [3.63, 3.8) is 0 Å². The largest absolute Gasteiger partial charge is 0.508 e. The molecule has 0 spiro atoms. The zero-order valence-electron chi connectivity index (χ0n) is 13.3. The highest BCUT2D eigenvalue weighted by Gasteiger charge is 2.27. The number of carbonyl (C=O) groups excluding carboxylic acids is 2. The molecule has 9 nitrogen and oxygen atoms in total. The Labute approximate surface area is 149 Å². The summed E-state index contributed by atoms with van der Waals surface area (Å²) < 4.78 is 0. The molecule has 138 valence electrons. The topological polar surface area (TPSA) is 162 Å². The fourth-order valence-corrected chi connectivity index (χ4v) is 2.06. The molecule has 0 saturated carbocycles. The van der Waals surface area contributed by atoms with E-state index >= 15 is 0 Å². The maximum Gasteiger partial charge on any atom is 0.328 e. The highest BCUT2D eigenvalue weighted by atomic mass is 32.1. The highest BCUT2D eigenvalue weighted by molar-refractivity contribution is 7.80. The van der Waals surface area contributed by atoms with Crippen LogP contribution >= 0.6 is 12.6 Å². The van der Waals surface area contributed by atoms with E-state index in [9.17, 15) is 19.5 Å². The lowest BCUT2D eigenvalue weighted by Crippen LogP contribution is -2.56. The zero-order valence-corrected chi connectivity index (χ0v) is 14.1. The maximum atomic E-state index is 12.3. The predicted molar refractivity (Wildman–Crippen MR) is 92.2 cm³/mol. The number of aromatic hydroxyl groups is 1. The Morgan fingerprint density at radius 3 is 2.12 bits per heavy atom. The van der Waals surface area contributed by atoms with Crippen LogP contribution in [0.1, 0.15) is 5.56 Å². The molecule has 1 rings (SSSR count). The molecule has 0 bridgehead atoms. The number of carboxylic acid groups (broad SMARTS) is 1. The summed E-state index contributed by atoms with van der Waals surface area (Å²) in [5.74, 6) is -2.71. The Morgan fingerprint density at radius 1 is 1.08 bits per heavy atom. The SMILES string of the molecule is N[C@@H](CS)C(=O)N[C@@H](Cc1ccc(O)cc1)C(=O)N[C@@H](CO)C(=O)O. The van der Waals surface area contributed by atoms with Crippen LogP contribution in [0.5, 0.6) is 5.75 Å². The Balaban J connectivity index is 2.92. The molecular weight excluding hydrogens is 350 g/mol.